The molecule has 156 valence electrons. The summed E-state index contributed by atoms with van der Waals surface area (Å²) in [4.78, 5) is 21.4. The van der Waals surface area contributed by atoms with Crippen LogP contribution in [0.3, 0.4) is 0 Å². The molecule has 1 rings (SSSR count). The lowest BCUT2D eigenvalue weighted by Gasteiger charge is -2.16. The van der Waals surface area contributed by atoms with Crippen molar-refractivity contribution in [1.29, 1.82) is 0 Å². The summed E-state index contributed by atoms with van der Waals surface area (Å²) in [6.07, 6.45) is 6.98. The van der Waals surface area contributed by atoms with Crippen LogP contribution in [0.1, 0.15) is 45.4 Å². The second kappa shape index (κ2) is 12.2. The molecule has 0 bridgehead atoms. The van der Waals surface area contributed by atoms with Crippen LogP contribution in [0.4, 0.5) is 0 Å². The van der Waals surface area contributed by atoms with Crippen LogP contribution in [0.5, 0.6) is 0 Å². The molecule has 0 spiro atoms. The van der Waals surface area contributed by atoms with E-state index in [2.05, 4.69) is 0 Å². The molecule has 0 radical (unpaired) electrons. The molecule has 0 aromatic carbocycles. The summed E-state index contributed by atoms with van der Waals surface area (Å²) in [5.74, 6) is -0.351. The van der Waals surface area contributed by atoms with E-state index in [0.29, 0.717) is 32.1 Å². The molecule has 0 saturated heterocycles. The molecule has 8 heteroatoms. The van der Waals surface area contributed by atoms with Crippen molar-refractivity contribution in [2.24, 2.45) is 5.92 Å². The normalized spacial score (nSPS) is 28.1. The Morgan fingerprint density at radius 1 is 1.30 bits per heavy atom. The van der Waals surface area contributed by atoms with E-state index in [-0.39, 0.29) is 35.6 Å². The summed E-state index contributed by atoms with van der Waals surface area (Å²) >= 11 is 1.35. The predicted octanol–water partition coefficient (Wildman–Crippen LogP) is 2.70. The molecule has 6 atom stereocenters. The van der Waals surface area contributed by atoms with Crippen molar-refractivity contribution in [2.75, 3.05) is 12.8 Å². The van der Waals surface area contributed by atoms with Crippen molar-refractivity contribution in [3.63, 3.8) is 0 Å². The smallest absolute Gasteiger partial charge is 0.197 e. The van der Waals surface area contributed by atoms with Gasteiger partial charge in [-0.1, -0.05) is 18.2 Å². The van der Waals surface area contributed by atoms with Gasteiger partial charge in [-0.25, -0.2) is 0 Å². The number of Topliss-reactive ketones (excluding diaryl/α,β-unsaturated/α-hetero) is 1. The van der Waals surface area contributed by atoms with Crippen LogP contribution >= 0.6 is 19.1 Å². The Morgan fingerprint density at radius 3 is 2.63 bits per heavy atom. The minimum Gasteiger partial charge on any atom is -0.393 e. The van der Waals surface area contributed by atoms with Gasteiger partial charge in [-0.05, 0) is 44.4 Å². The van der Waals surface area contributed by atoms with Crippen LogP contribution in [0.25, 0.3) is 0 Å². The number of hydrogen-bond acceptors (Lipinski definition) is 6. The van der Waals surface area contributed by atoms with Gasteiger partial charge in [0.15, 0.2) is 7.37 Å². The Bertz CT molecular complexity index is 556. The Hall–Kier alpha value is -0.430. The van der Waals surface area contributed by atoms with Crippen molar-refractivity contribution in [2.45, 2.75) is 69.0 Å². The zero-order valence-electron chi connectivity index (χ0n) is 16.1. The van der Waals surface area contributed by atoms with E-state index >= 15 is 0 Å². The third-order valence-electron chi connectivity index (χ3n) is 4.46. The number of carbonyl (C=O) groups excluding carboxylic acids is 1. The van der Waals surface area contributed by atoms with Gasteiger partial charge in [-0.15, -0.1) is 11.8 Å². The van der Waals surface area contributed by atoms with Crippen molar-refractivity contribution >= 4 is 24.9 Å². The van der Waals surface area contributed by atoms with E-state index in [4.69, 9.17) is 0 Å². The van der Waals surface area contributed by atoms with Crippen molar-refractivity contribution in [3.8, 4) is 0 Å². The first-order chi connectivity index (χ1) is 12.6. The fraction of sp³-hybridized carbons (Fsp3) is 0.737. The van der Waals surface area contributed by atoms with Gasteiger partial charge >= 0.3 is 0 Å². The number of allylic oxidation sites excluding steroid dienone is 1. The van der Waals surface area contributed by atoms with Gasteiger partial charge in [0.25, 0.3) is 0 Å². The summed E-state index contributed by atoms with van der Waals surface area (Å²) in [5.41, 5.74) is 0. The predicted molar refractivity (Wildman–Crippen MR) is 110 cm³/mol. The maximum absolute atomic E-state index is 12.1. The molecule has 6 nitrogen and oxygen atoms in total. The largest absolute Gasteiger partial charge is 0.393 e. The SMILES string of the molecule is CC(O)CCCC(O)C=C[C@H]1[C@H](O)CC(=O)[C@@H]1SC=CCCCP(C)(=O)O. The number of hydrogen-bond donors (Lipinski definition) is 4. The molecule has 1 saturated carbocycles. The number of thioether (sulfide) groups is 1. The topological polar surface area (TPSA) is 115 Å². The van der Waals surface area contributed by atoms with Gasteiger partial charge in [0.05, 0.1) is 23.6 Å². The lowest BCUT2D eigenvalue weighted by atomic mass is 10.0. The van der Waals surface area contributed by atoms with Crippen molar-refractivity contribution in [1.82, 2.24) is 0 Å². The number of ketones is 1. The summed E-state index contributed by atoms with van der Waals surface area (Å²) in [6.45, 7) is 3.06. The highest BCUT2D eigenvalue weighted by Crippen LogP contribution is 2.37. The van der Waals surface area contributed by atoms with Gasteiger partial charge < -0.3 is 20.2 Å². The molecule has 3 unspecified atom stereocenters. The van der Waals surface area contributed by atoms with Crippen LogP contribution in [-0.2, 0) is 9.36 Å². The van der Waals surface area contributed by atoms with Crippen molar-refractivity contribution < 1.29 is 29.6 Å². The van der Waals surface area contributed by atoms with E-state index < -0.39 is 19.6 Å². The average molecular weight is 421 g/mol. The monoisotopic (exact) mass is 420 g/mol. The van der Waals surface area contributed by atoms with E-state index in [9.17, 15) is 29.6 Å². The number of unbranched alkanes of at least 4 members (excludes halogenated alkanes) is 1. The fourth-order valence-electron chi connectivity index (χ4n) is 2.96. The first-order valence-electron chi connectivity index (χ1n) is 9.45. The summed E-state index contributed by atoms with van der Waals surface area (Å²) < 4.78 is 11.2. The minimum absolute atomic E-state index is 0.0104. The zero-order valence-corrected chi connectivity index (χ0v) is 17.8. The molecule has 1 aliphatic carbocycles. The minimum atomic E-state index is -2.97. The van der Waals surface area contributed by atoms with E-state index in [1.54, 1.807) is 19.1 Å². The van der Waals surface area contributed by atoms with Gasteiger partial charge in [0.1, 0.15) is 5.78 Å². The number of rotatable bonds is 12. The number of aliphatic hydroxyl groups excluding tert-OH is 3. The van der Waals surface area contributed by atoms with E-state index in [1.165, 1.54) is 18.4 Å². The second-order valence-electron chi connectivity index (χ2n) is 7.39. The quantitative estimate of drug-likeness (QED) is 0.218. The van der Waals surface area contributed by atoms with Crippen LogP contribution in [0, 0.1) is 5.92 Å². The van der Waals surface area contributed by atoms with Crippen LogP contribution in [0.15, 0.2) is 23.6 Å². The standard InChI is InChI=1S/C19H33O6PS/c1-14(20)7-6-8-15(21)9-10-16-17(22)13-18(23)19(16)27-12-5-3-4-11-26(2,24)25/h5,9-10,12,14-17,19-22H,3-4,6-8,11,13H2,1-2H3,(H,24,25)/t14?,15?,16-,17+,19+/m0/s1. The van der Waals surface area contributed by atoms with Crippen molar-refractivity contribution in [3.05, 3.63) is 23.6 Å². The number of carbonyl (C=O) groups is 1. The summed E-state index contributed by atoms with van der Waals surface area (Å²) in [6, 6.07) is 0. The second-order valence-corrected chi connectivity index (χ2v) is 11.0. The maximum atomic E-state index is 12.1. The Kier molecular flexibility index (Phi) is 11.1. The lowest BCUT2D eigenvalue weighted by Crippen LogP contribution is -2.21. The molecule has 4 N–H and O–H groups in total. The molecule has 1 fully saturated rings. The van der Waals surface area contributed by atoms with Crippen LogP contribution < -0.4 is 0 Å². The molecular weight excluding hydrogens is 387 g/mol. The highest BCUT2D eigenvalue weighted by atomic mass is 32.2. The molecule has 0 heterocycles. The molecule has 0 amide bonds. The fourth-order valence-corrected chi connectivity index (χ4v) is 4.84. The first-order valence-corrected chi connectivity index (χ1v) is 12.7. The molecule has 0 aliphatic heterocycles. The molecule has 1 aliphatic rings. The highest BCUT2D eigenvalue weighted by molar-refractivity contribution is 8.03. The van der Waals surface area contributed by atoms with Gasteiger partial charge in [-0.2, -0.15) is 0 Å². The molecular formula is C19H33O6PS. The van der Waals surface area contributed by atoms with E-state index in [0.717, 1.165) is 0 Å². The third-order valence-corrected chi connectivity index (χ3v) is 6.83. The van der Waals surface area contributed by atoms with E-state index in [1.807, 2.05) is 11.5 Å². The molecule has 27 heavy (non-hydrogen) atoms. The number of aliphatic hydroxyl groups is 3. The van der Waals surface area contributed by atoms with Gasteiger partial charge in [-0.3, -0.25) is 9.36 Å². The van der Waals surface area contributed by atoms with Gasteiger partial charge in [0, 0.05) is 25.2 Å². The summed E-state index contributed by atoms with van der Waals surface area (Å²) in [5, 5.41) is 30.8. The third kappa shape index (κ3) is 10.6. The summed E-state index contributed by atoms with van der Waals surface area (Å²) in [7, 11) is -2.97. The Balaban J connectivity index is 2.48. The van der Waals surface area contributed by atoms with Crippen LogP contribution in [0.2, 0.25) is 0 Å². The zero-order chi connectivity index (χ0) is 20.4. The first kappa shape index (κ1) is 24.6. The Morgan fingerprint density at radius 2 is 2.00 bits per heavy atom. The Labute approximate surface area is 166 Å². The molecule has 0 aromatic rings. The maximum Gasteiger partial charge on any atom is 0.197 e. The molecule has 0 aromatic heterocycles. The average Bonchev–Trinajstić information content (AvgIpc) is 2.80. The van der Waals surface area contributed by atoms with Crippen LogP contribution in [-0.4, -0.2) is 62.4 Å². The van der Waals surface area contributed by atoms with Gasteiger partial charge in [0.2, 0.25) is 0 Å². The highest BCUT2D eigenvalue weighted by Gasteiger charge is 2.40. The lowest BCUT2D eigenvalue weighted by molar-refractivity contribution is -0.117.